The van der Waals surface area contributed by atoms with Gasteiger partial charge in [0.15, 0.2) is 12.2 Å². The Labute approximate surface area is 204 Å². The van der Waals surface area contributed by atoms with Crippen LogP contribution in [0.5, 0.6) is 5.75 Å². The first-order valence-electron chi connectivity index (χ1n) is 9.60. The first-order chi connectivity index (χ1) is 15.3. The highest BCUT2D eigenvalue weighted by molar-refractivity contribution is 6.43. The minimum atomic E-state index is -0.434. The number of nitrogens with one attached hydrogen (secondary N) is 1. The molecule has 0 radical (unpaired) electrons. The van der Waals surface area contributed by atoms with Crippen LogP contribution in [0.2, 0.25) is 20.1 Å². The fourth-order valence-electron chi connectivity index (χ4n) is 3.02. The zero-order chi connectivity index (χ0) is 22.8. The molecule has 0 saturated heterocycles. The number of aromatic nitrogens is 1. The molecule has 1 N–H and O–H groups in total. The monoisotopic (exact) mass is 508 g/mol. The molecule has 0 aliphatic rings. The van der Waals surface area contributed by atoms with Crippen LogP contribution in [0.4, 0.5) is 5.69 Å². The highest BCUT2D eigenvalue weighted by Crippen LogP contribution is 2.34. The molecule has 0 saturated carbocycles. The minimum Gasteiger partial charge on any atom is -0.482 e. The van der Waals surface area contributed by atoms with Crippen molar-refractivity contribution in [2.24, 2.45) is 0 Å². The summed E-state index contributed by atoms with van der Waals surface area (Å²) in [5.74, 6) is 0.240. The lowest BCUT2D eigenvalue weighted by Crippen LogP contribution is -2.20. The molecule has 5 nitrogen and oxygen atoms in total. The molecular formula is C23H16Cl4N2O3. The zero-order valence-corrected chi connectivity index (χ0v) is 19.7. The average Bonchev–Trinajstić information content (AvgIpc) is 3.20. The molecule has 0 aliphatic heterocycles. The lowest BCUT2D eigenvalue weighted by Gasteiger charge is -2.11. The van der Waals surface area contributed by atoms with E-state index in [4.69, 9.17) is 55.6 Å². The Balaban J connectivity index is 1.50. The number of fused-ring (bicyclic) bond motifs is 1. The first-order valence-corrected chi connectivity index (χ1v) is 11.1. The van der Waals surface area contributed by atoms with Crippen LogP contribution in [0.1, 0.15) is 12.5 Å². The second-order valence-electron chi connectivity index (χ2n) is 6.90. The van der Waals surface area contributed by atoms with E-state index in [0.29, 0.717) is 32.8 Å². The Bertz CT molecular complexity index is 1320. The Morgan fingerprint density at radius 1 is 0.969 bits per heavy atom. The van der Waals surface area contributed by atoms with Crippen molar-refractivity contribution in [1.29, 1.82) is 0 Å². The molecule has 32 heavy (non-hydrogen) atoms. The second kappa shape index (κ2) is 9.59. The number of oxazole rings is 1. The van der Waals surface area contributed by atoms with Gasteiger partial charge in [0.25, 0.3) is 5.91 Å². The number of hydrogen-bond donors (Lipinski definition) is 1. The highest BCUT2D eigenvalue weighted by Gasteiger charge is 2.14. The van der Waals surface area contributed by atoms with E-state index in [9.17, 15) is 4.79 Å². The van der Waals surface area contributed by atoms with Gasteiger partial charge in [0, 0.05) is 11.6 Å². The average molecular weight is 510 g/mol. The van der Waals surface area contributed by atoms with E-state index in [1.165, 1.54) is 17.7 Å². The van der Waals surface area contributed by atoms with Gasteiger partial charge >= 0.3 is 0 Å². The molecular weight excluding hydrogens is 494 g/mol. The van der Waals surface area contributed by atoms with Crippen molar-refractivity contribution < 1.29 is 13.9 Å². The van der Waals surface area contributed by atoms with Gasteiger partial charge in [0.05, 0.1) is 25.8 Å². The molecule has 0 unspecified atom stereocenters. The fourth-order valence-corrected chi connectivity index (χ4v) is 3.77. The van der Waals surface area contributed by atoms with Crippen LogP contribution in [-0.4, -0.2) is 17.5 Å². The number of ether oxygens (including phenoxy) is 1. The van der Waals surface area contributed by atoms with Gasteiger partial charge in [-0.3, -0.25) is 4.79 Å². The summed E-state index contributed by atoms with van der Waals surface area (Å²) in [5, 5.41) is 3.89. The second-order valence-corrected chi connectivity index (χ2v) is 8.53. The number of anilines is 1. The zero-order valence-electron chi connectivity index (χ0n) is 16.7. The van der Waals surface area contributed by atoms with E-state index in [-0.39, 0.29) is 22.4 Å². The highest BCUT2D eigenvalue weighted by atomic mass is 35.5. The fraction of sp³-hybridized carbons (Fsp3) is 0.130. The quantitative estimate of drug-likeness (QED) is 0.270. The molecule has 1 heterocycles. The van der Waals surface area contributed by atoms with Crippen LogP contribution in [-0.2, 0) is 11.2 Å². The number of amides is 1. The van der Waals surface area contributed by atoms with Crippen LogP contribution in [0.3, 0.4) is 0 Å². The van der Waals surface area contributed by atoms with Gasteiger partial charge in [-0.15, -0.1) is 0 Å². The molecule has 1 amide bonds. The lowest BCUT2D eigenvalue weighted by molar-refractivity contribution is -0.118. The maximum Gasteiger partial charge on any atom is 0.262 e. The summed E-state index contributed by atoms with van der Waals surface area (Å²) in [6.07, 6.45) is 0.908. The number of carbonyl (C=O) groups is 1. The third kappa shape index (κ3) is 4.97. The summed E-state index contributed by atoms with van der Waals surface area (Å²) >= 11 is 24.2. The van der Waals surface area contributed by atoms with Crippen molar-refractivity contribution in [3.8, 4) is 17.2 Å². The summed E-state index contributed by atoms with van der Waals surface area (Å²) in [5.41, 5.74) is 3.70. The Morgan fingerprint density at radius 3 is 2.53 bits per heavy atom. The van der Waals surface area contributed by atoms with Gasteiger partial charge in [-0.1, -0.05) is 59.4 Å². The standard InChI is InChI=1S/C23H16Cl4N2O3/c1-2-12-3-6-20-19(7-12)29-23(32-20)13-4-5-14(24)18(8-13)28-22(30)11-31-21-10-16(26)15(25)9-17(21)27/h3-10H,2,11H2,1H3,(H,28,30). The van der Waals surface area contributed by atoms with Crippen LogP contribution in [0, 0.1) is 0 Å². The molecule has 3 aromatic carbocycles. The maximum atomic E-state index is 12.4. The van der Waals surface area contributed by atoms with Crippen molar-refractivity contribution in [3.63, 3.8) is 0 Å². The van der Waals surface area contributed by atoms with E-state index in [1.807, 2.05) is 18.2 Å². The Hall–Kier alpha value is -2.44. The van der Waals surface area contributed by atoms with Gasteiger partial charge < -0.3 is 14.5 Å². The van der Waals surface area contributed by atoms with E-state index in [2.05, 4.69) is 17.2 Å². The molecule has 4 aromatic rings. The van der Waals surface area contributed by atoms with Crippen LogP contribution < -0.4 is 10.1 Å². The van der Waals surface area contributed by atoms with E-state index in [1.54, 1.807) is 18.2 Å². The Morgan fingerprint density at radius 2 is 1.75 bits per heavy atom. The summed E-state index contributed by atoms with van der Waals surface area (Å²) in [6, 6.07) is 13.9. The van der Waals surface area contributed by atoms with E-state index in [0.717, 1.165) is 11.9 Å². The molecule has 0 bridgehead atoms. The number of aryl methyl sites for hydroxylation is 1. The Kier molecular flexibility index (Phi) is 6.82. The van der Waals surface area contributed by atoms with Crippen molar-refractivity contribution in [1.82, 2.24) is 4.98 Å². The van der Waals surface area contributed by atoms with Gasteiger partial charge in [0.2, 0.25) is 5.89 Å². The van der Waals surface area contributed by atoms with Crippen LogP contribution in [0.15, 0.2) is 52.9 Å². The van der Waals surface area contributed by atoms with Crippen LogP contribution >= 0.6 is 46.4 Å². The topological polar surface area (TPSA) is 64.4 Å². The number of carbonyl (C=O) groups excluding carboxylic acids is 1. The number of benzene rings is 3. The minimum absolute atomic E-state index is 0.244. The predicted molar refractivity (Wildman–Crippen MR) is 129 cm³/mol. The largest absolute Gasteiger partial charge is 0.482 e. The van der Waals surface area contributed by atoms with Crippen molar-refractivity contribution in [3.05, 3.63) is 74.2 Å². The van der Waals surface area contributed by atoms with Gasteiger partial charge in [-0.05, 0) is 48.4 Å². The van der Waals surface area contributed by atoms with Gasteiger partial charge in [-0.25, -0.2) is 4.98 Å². The first kappa shape index (κ1) is 22.7. The van der Waals surface area contributed by atoms with Crippen LogP contribution in [0.25, 0.3) is 22.6 Å². The van der Waals surface area contributed by atoms with E-state index >= 15 is 0 Å². The summed E-state index contributed by atoms with van der Waals surface area (Å²) < 4.78 is 11.3. The van der Waals surface area contributed by atoms with Gasteiger partial charge in [-0.2, -0.15) is 0 Å². The number of hydrogen-bond acceptors (Lipinski definition) is 4. The number of halogens is 4. The van der Waals surface area contributed by atoms with Crippen molar-refractivity contribution >= 4 is 69.1 Å². The van der Waals surface area contributed by atoms with E-state index < -0.39 is 5.91 Å². The SMILES string of the molecule is CCc1ccc2oc(-c3ccc(Cl)c(NC(=O)COc4cc(Cl)c(Cl)cc4Cl)c3)nc2c1. The predicted octanol–water partition coefficient (Wildman–Crippen LogP) is 7.69. The third-order valence-electron chi connectivity index (χ3n) is 4.68. The van der Waals surface area contributed by atoms with Crippen molar-refractivity contribution in [2.75, 3.05) is 11.9 Å². The maximum absolute atomic E-state index is 12.4. The molecule has 0 aliphatic carbocycles. The molecule has 9 heteroatoms. The summed E-state index contributed by atoms with van der Waals surface area (Å²) in [7, 11) is 0. The molecule has 0 spiro atoms. The molecule has 1 aromatic heterocycles. The number of rotatable bonds is 6. The van der Waals surface area contributed by atoms with Gasteiger partial charge in [0.1, 0.15) is 11.3 Å². The third-order valence-corrected chi connectivity index (χ3v) is 6.03. The molecule has 4 rings (SSSR count). The lowest BCUT2D eigenvalue weighted by atomic mass is 10.1. The number of nitrogens with zero attached hydrogens (tertiary/aromatic N) is 1. The smallest absolute Gasteiger partial charge is 0.262 e. The molecule has 0 fully saturated rings. The molecule has 164 valence electrons. The van der Waals surface area contributed by atoms with Crippen molar-refractivity contribution in [2.45, 2.75) is 13.3 Å². The summed E-state index contributed by atoms with van der Waals surface area (Å²) in [4.78, 5) is 17.0. The summed E-state index contributed by atoms with van der Waals surface area (Å²) in [6.45, 7) is 1.77. The normalized spacial score (nSPS) is 11.0. The molecule has 0 atom stereocenters.